The molecule has 0 heterocycles. The second kappa shape index (κ2) is 8.18. The molecular weight excluding hydrogens is 360 g/mol. The Morgan fingerprint density at radius 3 is 2.43 bits per heavy atom. The van der Waals surface area contributed by atoms with Crippen LogP contribution < -0.4 is 0 Å². The van der Waals surface area contributed by atoms with E-state index in [0.29, 0.717) is 17.8 Å². The van der Waals surface area contributed by atoms with E-state index in [1.807, 2.05) is 0 Å². The molecule has 1 aromatic rings. The molecule has 0 N–H and O–H groups in total. The van der Waals surface area contributed by atoms with Gasteiger partial charge in [-0.05, 0) is 42.1 Å². The fourth-order valence-corrected chi connectivity index (χ4v) is 5.54. The molecule has 3 heteroatoms. The van der Waals surface area contributed by atoms with Crippen molar-refractivity contribution in [1.82, 2.24) is 0 Å². The maximum Gasteiger partial charge on any atom is 0.309 e. The Kier molecular flexibility index (Phi) is 6.24. The molecule has 0 amide bonds. The fourth-order valence-electron chi connectivity index (χ4n) is 4.71. The van der Waals surface area contributed by atoms with E-state index in [4.69, 9.17) is 4.74 Å². The van der Waals surface area contributed by atoms with Crippen molar-refractivity contribution in [2.45, 2.75) is 77.6 Å². The predicted octanol–water partition coefficient (Wildman–Crippen LogP) is 6.38. The fraction of sp³-hybridized carbons (Fsp3) is 0.640. The largest absolute Gasteiger partial charge is 0.462 e. The van der Waals surface area contributed by atoms with Gasteiger partial charge in [-0.1, -0.05) is 88.9 Å². The quantitative estimate of drug-likeness (QED) is 0.410. The molecule has 2 aliphatic carbocycles. The Labute approximate surface area is 172 Å². The van der Waals surface area contributed by atoms with Crippen LogP contribution in [0.25, 0.3) is 0 Å². The first kappa shape index (κ1) is 21.4. The molecular formula is C25H38O2Si. The minimum absolute atomic E-state index is 0.00698. The van der Waals surface area contributed by atoms with Crippen LogP contribution >= 0.6 is 0 Å². The molecule has 0 aliphatic heterocycles. The van der Waals surface area contributed by atoms with Crippen LogP contribution in [0.2, 0.25) is 19.6 Å². The smallest absolute Gasteiger partial charge is 0.309 e. The lowest BCUT2D eigenvalue weighted by molar-refractivity contribution is -0.158. The van der Waals surface area contributed by atoms with Gasteiger partial charge in [-0.25, -0.2) is 0 Å². The van der Waals surface area contributed by atoms with E-state index in [9.17, 15) is 4.79 Å². The standard InChI is InChI=1S/C25H38O2Si/c1-18-12-13-22(25(2,3)20-10-8-7-9-11-20)23(16-18)27-24(26)21-17-19(21)14-15-28(4,5)6/h7-11,14-15,18-19,21-23H,12-13,16-17H2,1-6H3/b15-14+/t18?,19-,21-,22?,23?/m1/s1. The van der Waals surface area contributed by atoms with Crippen molar-refractivity contribution in [3.05, 3.63) is 47.7 Å². The van der Waals surface area contributed by atoms with Gasteiger partial charge in [-0.15, -0.1) is 0 Å². The Balaban J connectivity index is 1.68. The van der Waals surface area contributed by atoms with E-state index in [1.165, 1.54) is 12.0 Å². The van der Waals surface area contributed by atoms with Crippen molar-refractivity contribution >= 4 is 14.0 Å². The number of ether oxygens (including phenoxy) is 1. The van der Waals surface area contributed by atoms with Gasteiger partial charge in [0.05, 0.1) is 14.0 Å². The summed E-state index contributed by atoms with van der Waals surface area (Å²) in [5, 5.41) is 0. The molecule has 2 fully saturated rings. The van der Waals surface area contributed by atoms with Gasteiger partial charge in [0.15, 0.2) is 0 Å². The summed E-state index contributed by atoms with van der Waals surface area (Å²) in [6.07, 6.45) is 6.63. The van der Waals surface area contributed by atoms with E-state index in [1.54, 1.807) is 0 Å². The molecule has 2 aliphatic rings. The highest BCUT2D eigenvalue weighted by Gasteiger charge is 2.47. The van der Waals surface area contributed by atoms with Crippen molar-refractivity contribution in [3.8, 4) is 0 Å². The third-order valence-corrected chi connectivity index (χ3v) is 7.94. The van der Waals surface area contributed by atoms with E-state index in [0.717, 1.165) is 19.3 Å². The van der Waals surface area contributed by atoms with Crippen LogP contribution in [0.5, 0.6) is 0 Å². The summed E-state index contributed by atoms with van der Waals surface area (Å²) in [4.78, 5) is 12.9. The average molecular weight is 399 g/mol. The van der Waals surface area contributed by atoms with E-state index in [2.05, 4.69) is 82.5 Å². The summed E-state index contributed by atoms with van der Waals surface area (Å²) in [7, 11) is -1.20. The van der Waals surface area contributed by atoms with E-state index in [-0.39, 0.29) is 23.4 Å². The Morgan fingerprint density at radius 1 is 1.11 bits per heavy atom. The summed E-state index contributed by atoms with van der Waals surface area (Å²) in [6, 6.07) is 10.7. The molecule has 3 unspecified atom stereocenters. The van der Waals surface area contributed by atoms with Crippen molar-refractivity contribution in [1.29, 1.82) is 0 Å². The summed E-state index contributed by atoms with van der Waals surface area (Å²) in [5.74, 6) is 1.54. The predicted molar refractivity (Wildman–Crippen MR) is 120 cm³/mol. The highest BCUT2D eigenvalue weighted by molar-refractivity contribution is 6.80. The summed E-state index contributed by atoms with van der Waals surface area (Å²) in [5.41, 5.74) is 3.72. The molecule has 0 saturated heterocycles. The average Bonchev–Trinajstić information content (AvgIpc) is 3.40. The Bertz CT molecular complexity index is 701. The third-order valence-electron chi connectivity index (χ3n) is 6.75. The van der Waals surface area contributed by atoms with Crippen molar-refractivity contribution in [2.75, 3.05) is 0 Å². The molecule has 0 radical (unpaired) electrons. The van der Waals surface area contributed by atoms with E-state index >= 15 is 0 Å². The first-order valence-electron chi connectivity index (χ1n) is 11.0. The Morgan fingerprint density at radius 2 is 1.79 bits per heavy atom. The molecule has 0 aromatic heterocycles. The second-order valence-electron chi connectivity index (χ2n) is 10.8. The maximum atomic E-state index is 12.9. The SMILES string of the molecule is CC1CCC(C(C)(C)c2ccccc2)C(OC(=O)[C@@H]2C[C@H]2/C=C/[Si](C)(C)C)C1. The van der Waals surface area contributed by atoms with Crippen molar-refractivity contribution in [2.24, 2.45) is 23.7 Å². The van der Waals surface area contributed by atoms with Crippen LogP contribution in [0.3, 0.4) is 0 Å². The van der Waals surface area contributed by atoms with Gasteiger partial charge in [0.2, 0.25) is 0 Å². The lowest BCUT2D eigenvalue weighted by Crippen LogP contribution is -2.43. The third kappa shape index (κ3) is 5.17. The first-order chi connectivity index (χ1) is 13.1. The summed E-state index contributed by atoms with van der Waals surface area (Å²) >= 11 is 0. The summed E-state index contributed by atoms with van der Waals surface area (Å²) < 4.78 is 6.21. The van der Waals surface area contributed by atoms with Gasteiger partial charge < -0.3 is 4.74 Å². The molecule has 2 nitrogen and oxygen atoms in total. The monoisotopic (exact) mass is 398 g/mol. The van der Waals surface area contributed by atoms with Gasteiger partial charge in [-0.3, -0.25) is 4.79 Å². The number of rotatable bonds is 6. The zero-order chi connectivity index (χ0) is 20.5. The first-order valence-corrected chi connectivity index (χ1v) is 14.6. The van der Waals surface area contributed by atoms with E-state index < -0.39 is 8.07 Å². The van der Waals surface area contributed by atoms with Gasteiger partial charge in [-0.2, -0.15) is 0 Å². The highest BCUT2D eigenvalue weighted by Crippen LogP contribution is 2.46. The summed E-state index contributed by atoms with van der Waals surface area (Å²) in [6.45, 7) is 13.9. The van der Waals surface area contributed by atoms with Gasteiger partial charge >= 0.3 is 5.97 Å². The molecule has 2 saturated carbocycles. The normalized spacial score (nSPS) is 31.0. The highest BCUT2D eigenvalue weighted by atomic mass is 28.3. The lowest BCUT2D eigenvalue weighted by Gasteiger charge is -2.44. The number of carbonyl (C=O) groups is 1. The molecule has 28 heavy (non-hydrogen) atoms. The number of hydrogen-bond acceptors (Lipinski definition) is 2. The molecule has 0 bridgehead atoms. The van der Waals surface area contributed by atoms with Gasteiger partial charge in [0.1, 0.15) is 6.10 Å². The topological polar surface area (TPSA) is 26.3 Å². The number of carbonyl (C=O) groups excluding carboxylic acids is 1. The molecule has 3 rings (SSSR count). The number of hydrogen-bond donors (Lipinski definition) is 0. The zero-order valence-corrected chi connectivity index (χ0v) is 19.6. The van der Waals surface area contributed by atoms with Crippen molar-refractivity contribution < 1.29 is 9.53 Å². The van der Waals surface area contributed by atoms with Crippen LogP contribution in [0.4, 0.5) is 0 Å². The number of esters is 1. The van der Waals surface area contributed by atoms with Crippen LogP contribution in [0.15, 0.2) is 42.1 Å². The van der Waals surface area contributed by atoms with Crippen LogP contribution in [0.1, 0.15) is 52.0 Å². The van der Waals surface area contributed by atoms with Crippen LogP contribution in [-0.2, 0) is 14.9 Å². The van der Waals surface area contributed by atoms with Crippen molar-refractivity contribution in [3.63, 3.8) is 0 Å². The molecule has 154 valence electrons. The second-order valence-corrected chi connectivity index (χ2v) is 15.9. The van der Waals surface area contributed by atoms with Crippen LogP contribution in [0, 0.1) is 23.7 Å². The number of allylic oxidation sites excluding steroid dienone is 1. The van der Waals surface area contributed by atoms with Gasteiger partial charge in [0, 0.05) is 5.92 Å². The zero-order valence-electron chi connectivity index (χ0n) is 18.6. The minimum atomic E-state index is -1.20. The maximum absolute atomic E-state index is 12.9. The van der Waals surface area contributed by atoms with Gasteiger partial charge in [0.25, 0.3) is 0 Å². The lowest BCUT2D eigenvalue weighted by atomic mass is 9.64. The molecule has 1 aromatic carbocycles. The molecule has 5 atom stereocenters. The molecule has 0 spiro atoms. The Hall–Kier alpha value is -1.35. The van der Waals surface area contributed by atoms with Crippen LogP contribution in [-0.4, -0.2) is 20.1 Å². The number of benzene rings is 1. The minimum Gasteiger partial charge on any atom is -0.462 e.